The standard InChI is InChI=1S/C15H23N3O3/c1-11-13(18(20)21)8-9-15(17-11)16-10-4-6-12-5-2-3-7-14(12)19/h8-9,12,14,19H,2-7,10H2,1H3,(H,16,17). The van der Waals surface area contributed by atoms with E-state index in [4.69, 9.17) is 0 Å². The molecular formula is C15H23N3O3. The molecule has 0 bridgehead atoms. The molecule has 0 radical (unpaired) electrons. The first-order valence-electron chi connectivity index (χ1n) is 7.62. The number of nitro groups is 1. The summed E-state index contributed by atoms with van der Waals surface area (Å²) in [5, 5.41) is 23.8. The lowest BCUT2D eigenvalue weighted by Gasteiger charge is -2.27. The highest BCUT2D eigenvalue weighted by Crippen LogP contribution is 2.27. The maximum atomic E-state index is 10.7. The van der Waals surface area contributed by atoms with Crippen LogP contribution in [0.2, 0.25) is 0 Å². The third-order valence-electron chi connectivity index (χ3n) is 4.18. The second-order valence-electron chi connectivity index (χ2n) is 5.74. The summed E-state index contributed by atoms with van der Waals surface area (Å²) >= 11 is 0. The fourth-order valence-electron chi connectivity index (χ4n) is 2.95. The van der Waals surface area contributed by atoms with Crippen LogP contribution in [0.15, 0.2) is 12.1 Å². The van der Waals surface area contributed by atoms with E-state index in [-0.39, 0.29) is 11.8 Å². The Labute approximate surface area is 124 Å². The highest BCUT2D eigenvalue weighted by atomic mass is 16.6. The van der Waals surface area contributed by atoms with Crippen molar-refractivity contribution < 1.29 is 10.0 Å². The zero-order chi connectivity index (χ0) is 15.2. The van der Waals surface area contributed by atoms with Gasteiger partial charge in [-0.25, -0.2) is 4.98 Å². The Bertz CT molecular complexity index is 493. The van der Waals surface area contributed by atoms with Crippen molar-refractivity contribution in [2.24, 2.45) is 5.92 Å². The van der Waals surface area contributed by atoms with Gasteiger partial charge in [0.1, 0.15) is 11.5 Å². The summed E-state index contributed by atoms with van der Waals surface area (Å²) in [6.07, 6.45) is 6.26. The lowest BCUT2D eigenvalue weighted by molar-refractivity contribution is -0.385. The summed E-state index contributed by atoms with van der Waals surface area (Å²) < 4.78 is 0. The van der Waals surface area contributed by atoms with E-state index in [0.717, 1.165) is 38.6 Å². The second kappa shape index (κ2) is 7.36. The van der Waals surface area contributed by atoms with Crippen LogP contribution in [0.3, 0.4) is 0 Å². The first-order valence-corrected chi connectivity index (χ1v) is 7.62. The summed E-state index contributed by atoms with van der Waals surface area (Å²) in [4.78, 5) is 14.5. The Balaban J connectivity index is 1.76. The number of aryl methyl sites for hydroxylation is 1. The smallest absolute Gasteiger partial charge is 0.290 e. The monoisotopic (exact) mass is 293 g/mol. The number of hydrogen-bond acceptors (Lipinski definition) is 5. The zero-order valence-electron chi connectivity index (χ0n) is 12.4. The van der Waals surface area contributed by atoms with Crippen molar-refractivity contribution >= 4 is 11.5 Å². The van der Waals surface area contributed by atoms with Gasteiger partial charge in [0.05, 0.1) is 11.0 Å². The molecule has 0 aromatic carbocycles. The van der Waals surface area contributed by atoms with Crippen LogP contribution in [-0.2, 0) is 0 Å². The number of nitrogens with one attached hydrogen (secondary N) is 1. The van der Waals surface area contributed by atoms with Crippen LogP contribution in [-0.4, -0.2) is 27.7 Å². The molecule has 1 aliphatic rings. The molecule has 2 N–H and O–H groups in total. The number of hydrogen-bond donors (Lipinski definition) is 2. The Morgan fingerprint density at radius 1 is 1.43 bits per heavy atom. The normalized spacial score (nSPS) is 22.0. The molecule has 21 heavy (non-hydrogen) atoms. The van der Waals surface area contributed by atoms with Crippen molar-refractivity contribution in [1.29, 1.82) is 0 Å². The molecule has 116 valence electrons. The molecule has 0 aliphatic heterocycles. The van der Waals surface area contributed by atoms with Crippen LogP contribution in [0.4, 0.5) is 11.5 Å². The molecule has 1 aromatic rings. The average Bonchev–Trinajstić information content (AvgIpc) is 2.45. The minimum Gasteiger partial charge on any atom is -0.393 e. The Hall–Kier alpha value is -1.69. The molecule has 2 atom stereocenters. The van der Waals surface area contributed by atoms with Crippen molar-refractivity contribution in [3.63, 3.8) is 0 Å². The van der Waals surface area contributed by atoms with Crippen LogP contribution in [0, 0.1) is 23.0 Å². The molecule has 1 fully saturated rings. The third kappa shape index (κ3) is 4.39. The molecule has 0 amide bonds. The highest BCUT2D eigenvalue weighted by Gasteiger charge is 2.22. The van der Waals surface area contributed by atoms with Gasteiger partial charge in [0.2, 0.25) is 0 Å². The predicted octanol–water partition coefficient (Wildman–Crippen LogP) is 3.04. The van der Waals surface area contributed by atoms with E-state index in [1.807, 2.05) is 0 Å². The summed E-state index contributed by atoms with van der Waals surface area (Å²) in [5.74, 6) is 1.09. The van der Waals surface area contributed by atoms with Gasteiger partial charge in [0, 0.05) is 12.6 Å². The summed E-state index contributed by atoms with van der Waals surface area (Å²) in [7, 11) is 0. The number of aliphatic hydroxyl groups is 1. The minimum absolute atomic E-state index is 0.0471. The molecule has 0 saturated heterocycles. The quantitative estimate of drug-likeness (QED) is 0.478. The van der Waals surface area contributed by atoms with Gasteiger partial charge in [0.25, 0.3) is 5.69 Å². The molecule has 2 unspecified atom stereocenters. The number of aliphatic hydroxyl groups excluding tert-OH is 1. The second-order valence-corrected chi connectivity index (χ2v) is 5.74. The first kappa shape index (κ1) is 15.7. The van der Waals surface area contributed by atoms with Crippen molar-refractivity contribution in [3.05, 3.63) is 27.9 Å². The van der Waals surface area contributed by atoms with Gasteiger partial charge in [-0.15, -0.1) is 0 Å². The Morgan fingerprint density at radius 2 is 2.19 bits per heavy atom. The highest BCUT2D eigenvalue weighted by molar-refractivity contribution is 5.44. The number of rotatable bonds is 6. The van der Waals surface area contributed by atoms with Gasteiger partial charge >= 0.3 is 0 Å². The molecular weight excluding hydrogens is 270 g/mol. The maximum absolute atomic E-state index is 10.7. The predicted molar refractivity (Wildman–Crippen MR) is 81.3 cm³/mol. The summed E-state index contributed by atoms with van der Waals surface area (Å²) in [6, 6.07) is 3.12. The molecule has 1 aromatic heterocycles. The van der Waals surface area contributed by atoms with Crippen LogP contribution in [0.25, 0.3) is 0 Å². The molecule has 1 saturated carbocycles. The minimum atomic E-state index is -0.420. The SMILES string of the molecule is Cc1nc(NCCCC2CCCCC2O)ccc1[N+](=O)[O-]. The van der Waals surface area contributed by atoms with E-state index in [2.05, 4.69) is 10.3 Å². The van der Waals surface area contributed by atoms with Crippen molar-refractivity contribution in [3.8, 4) is 0 Å². The number of aromatic nitrogens is 1. The van der Waals surface area contributed by atoms with Gasteiger partial charge in [-0.2, -0.15) is 0 Å². The Morgan fingerprint density at radius 3 is 2.86 bits per heavy atom. The molecule has 1 aliphatic carbocycles. The molecule has 0 spiro atoms. The molecule has 2 rings (SSSR count). The van der Waals surface area contributed by atoms with E-state index >= 15 is 0 Å². The van der Waals surface area contributed by atoms with E-state index < -0.39 is 4.92 Å². The van der Waals surface area contributed by atoms with Crippen LogP contribution in [0.1, 0.15) is 44.2 Å². The lowest BCUT2D eigenvalue weighted by atomic mass is 9.83. The lowest BCUT2D eigenvalue weighted by Crippen LogP contribution is -2.24. The van der Waals surface area contributed by atoms with Crippen LogP contribution >= 0.6 is 0 Å². The van der Waals surface area contributed by atoms with Crippen LogP contribution < -0.4 is 5.32 Å². The van der Waals surface area contributed by atoms with E-state index in [1.165, 1.54) is 12.5 Å². The van der Waals surface area contributed by atoms with Gasteiger partial charge in [-0.3, -0.25) is 10.1 Å². The fraction of sp³-hybridized carbons (Fsp3) is 0.667. The van der Waals surface area contributed by atoms with Crippen LogP contribution in [0.5, 0.6) is 0 Å². The van der Waals surface area contributed by atoms with E-state index in [0.29, 0.717) is 17.4 Å². The molecule has 1 heterocycles. The average molecular weight is 293 g/mol. The summed E-state index contributed by atoms with van der Waals surface area (Å²) in [6.45, 7) is 2.41. The largest absolute Gasteiger partial charge is 0.393 e. The van der Waals surface area contributed by atoms with Gasteiger partial charge in [-0.1, -0.05) is 12.8 Å². The number of pyridine rings is 1. The first-order chi connectivity index (χ1) is 10.1. The maximum Gasteiger partial charge on any atom is 0.290 e. The molecule has 6 heteroatoms. The topological polar surface area (TPSA) is 88.3 Å². The Kier molecular flexibility index (Phi) is 5.50. The van der Waals surface area contributed by atoms with E-state index in [9.17, 15) is 15.2 Å². The van der Waals surface area contributed by atoms with Crippen molar-refractivity contribution in [1.82, 2.24) is 4.98 Å². The van der Waals surface area contributed by atoms with Gasteiger partial charge in [-0.05, 0) is 44.6 Å². The zero-order valence-corrected chi connectivity index (χ0v) is 12.4. The summed E-state index contributed by atoms with van der Waals surface area (Å²) in [5.41, 5.74) is 0.471. The third-order valence-corrected chi connectivity index (χ3v) is 4.18. The van der Waals surface area contributed by atoms with Crippen molar-refractivity contribution in [2.45, 2.75) is 51.6 Å². The van der Waals surface area contributed by atoms with Crippen molar-refractivity contribution in [2.75, 3.05) is 11.9 Å². The number of nitrogens with zero attached hydrogens (tertiary/aromatic N) is 2. The van der Waals surface area contributed by atoms with E-state index in [1.54, 1.807) is 13.0 Å². The van der Waals surface area contributed by atoms with Gasteiger partial charge < -0.3 is 10.4 Å². The number of anilines is 1. The fourth-order valence-corrected chi connectivity index (χ4v) is 2.95. The van der Waals surface area contributed by atoms with Gasteiger partial charge in [0.15, 0.2) is 0 Å². The molecule has 6 nitrogen and oxygen atoms in total.